The zero-order valence-electron chi connectivity index (χ0n) is 11.2. The lowest BCUT2D eigenvalue weighted by atomic mass is 10.1. The van der Waals surface area contributed by atoms with Gasteiger partial charge in [0.15, 0.2) is 0 Å². The largest absolute Gasteiger partial charge is 0.480 e. The fraction of sp³-hybridized carbons (Fsp3) is 0.833. The highest BCUT2D eigenvalue weighted by atomic mass is 16.4. The van der Waals surface area contributed by atoms with Crippen LogP contribution in [0, 0.1) is 0 Å². The topological polar surface area (TPSA) is 81.1 Å². The number of aliphatic hydroxyl groups is 1. The van der Waals surface area contributed by atoms with E-state index in [-0.39, 0.29) is 6.54 Å². The molecule has 1 heterocycles. The monoisotopic (exact) mass is 258 g/mol. The van der Waals surface area contributed by atoms with Crippen LogP contribution in [0.4, 0.5) is 0 Å². The Labute approximate surface area is 107 Å². The lowest BCUT2D eigenvalue weighted by Gasteiger charge is -2.35. The van der Waals surface area contributed by atoms with Crippen LogP contribution in [0.1, 0.15) is 26.7 Å². The van der Waals surface area contributed by atoms with Gasteiger partial charge in [0, 0.05) is 13.1 Å². The molecule has 1 aliphatic rings. The first-order chi connectivity index (χ1) is 8.29. The zero-order chi connectivity index (χ0) is 13.9. The highest BCUT2D eigenvalue weighted by Crippen LogP contribution is 2.21. The van der Waals surface area contributed by atoms with E-state index in [4.69, 9.17) is 5.11 Å². The number of hydrogen-bond donors (Lipinski definition) is 2. The van der Waals surface area contributed by atoms with Gasteiger partial charge in [-0.25, -0.2) is 0 Å². The first-order valence-electron chi connectivity index (χ1n) is 6.14. The number of likely N-dealkylation sites (N-methyl/N-ethyl adjacent to an activating group) is 1. The van der Waals surface area contributed by atoms with Crippen molar-refractivity contribution in [3.05, 3.63) is 0 Å². The van der Waals surface area contributed by atoms with E-state index in [1.54, 1.807) is 30.7 Å². The van der Waals surface area contributed by atoms with Gasteiger partial charge < -0.3 is 15.0 Å². The third-order valence-corrected chi connectivity index (χ3v) is 3.67. The molecule has 1 aliphatic heterocycles. The highest BCUT2D eigenvalue weighted by molar-refractivity contribution is 5.73. The van der Waals surface area contributed by atoms with Crippen LogP contribution in [0.3, 0.4) is 0 Å². The summed E-state index contributed by atoms with van der Waals surface area (Å²) < 4.78 is 0. The Morgan fingerprint density at radius 2 is 2.22 bits per heavy atom. The second kappa shape index (κ2) is 5.77. The van der Waals surface area contributed by atoms with Gasteiger partial charge in [-0.1, -0.05) is 0 Å². The summed E-state index contributed by atoms with van der Waals surface area (Å²) in [5.41, 5.74) is -0.667. The number of rotatable bonds is 6. The van der Waals surface area contributed by atoms with Crippen LogP contribution in [-0.2, 0) is 9.59 Å². The van der Waals surface area contributed by atoms with E-state index in [0.717, 1.165) is 12.7 Å². The lowest BCUT2D eigenvalue weighted by Crippen LogP contribution is -2.52. The maximum Gasteiger partial charge on any atom is 0.320 e. The lowest BCUT2D eigenvalue weighted by molar-refractivity contribution is -0.147. The van der Waals surface area contributed by atoms with Gasteiger partial charge in [-0.2, -0.15) is 0 Å². The minimum Gasteiger partial charge on any atom is -0.480 e. The van der Waals surface area contributed by atoms with Gasteiger partial charge in [0.2, 0.25) is 0 Å². The number of likely N-dealkylation sites (tertiary alicyclic amines) is 1. The molecule has 2 unspecified atom stereocenters. The number of aldehydes is 1. The summed E-state index contributed by atoms with van der Waals surface area (Å²) in [6.45, 7) is 4.33. The van der Waals surface area contributed by atoms with Crippen LogP contribution < -0.4 is 0 Å². The molecule has 1 rings (SSSR count). The average molecular weight is 258 g/mol. The Bertz CT molecular complexity index is 319. The third kappa shape index (κ3) is 3.28. The molecular formula is C12H22N2O4. The molecule has 1 saturated heterocycles. The summed E-state index contributed by atoms with van der Waals surface area (Å²) in [5.74, 6) is -0.899. The molecule has 0 amide bonds. The van der Waals surface area contributed by atoms with Crippen molar-refractivity contribution in [3.8, 4) is 0 Å². The highest BCUT2D eigenvalue weighted by Gasteiger charge is 2.36. The molecule has 0 spiro atoms. The van der Waals surface area contributed by atoms with Gasteiger partial charge in [-0.15, -0.1) is 0 Å². The van der Waals surface area contributed by atoms with Crippen molar-refractivity contribution in [2.45, 2.75) is 44.5 Å². The first kappa shape index (κ1) is 15.1. The van der Waals surface area contributed by atoms with Crippen molar-refractivity contribution in [3.63, 3.8) is 0 Å². The van der Waals surface area contributed by atoms with E-state index < -0.39 is 23.8 Å². The number of aliphatic hydroxyl groups excluding tert-OH is 1. The zero-order valence-corrected chi connectivity index (χ0v) is 11.2. The van der Waals surface area contributed by atoms with Gasteiger partial charge in [0.05, 0.1) is 5.54 Å². The van der Waals surface area contributed by atoms with Crippen molar-refractivity contribution in [1.82, 2.24) is 9.80 Å². The fourth-order valence-corrected chi connectivity index (χ4v) is 2.09. The van der Waals surface area contributed by atoms with Crippen LogP contribution in [0.15, 0.2) is 0 Å². The van der Waals surface area contributed by atoms with Crippen molar-refractivity contribution in [2.24, 2.45) is 0 Å². The molecule has 1 fully saturated rings. The SMILES string of the molecule is CN(CC(O)N1CCCC1C(=O)O)C(C)(C)C=O. The van der Waals surface area contributed by atoms with Crippen LogP contribution in [0.2, 0.25) is 0 Å². The van der Waals surface area contributed by atoms with E-state index in [0.29, 0.717) is 13.0 Å². The Kier molecular flexibility index (Phi) is 4.84. The molecule has 104 valence electrons. The number of nitrogens with zero attached hydrogens (tertiary/aromatic N) is 2. The van der Waals surface area contributed by atoms with Gasteiger partial charge >= 0.3 is 5.97 Å². The second-order valence-corrected chi connectivity index (χ2v) is 5.37. The Hall–Kier alpha value is -0.980. The minimum absolute atomic E-state index is 0.246. The molecule has 0 aromatic rings. The molecular weight excluding hydrogens is 236 g/mol. The van der Waals surface area contributed by atoms with Gasteiger partial charge in [-0.3, -0.25) is 14.6 Å². The maximum absolute atomic E-state index is 11.0. The molecule has 0 radical (unpaired) electrons. The predicted molar refractivity (Wildman–Crippen MR) is 66.1 cm³/mol. The average Bonchev–Trinajstić information content (AvgIpc) is 2.77. The summed E-state index contributed by atoms with van der Waals surface area (Å²) >= 11 is 0. The number of carbonyl (C=O) groups is 2. The van der Waals surface area contributed by atoms with Crippen LogP contribution in [-0.4, -0.2) is 70.2 Å². The van der Waals surface area contributed by atoms with Crippen LogP contribution in [0.5, 0.6) is 0 Å². The number of aliphatic carboxylic acids is 1. The Morgan fingerprint density at radius 3 is 2.72 bits per heavy atom. The van der Waals surface area contributed by atoms with E-state index in [1.165, 1.54) is 0 Å². The number of β-amino-alcohol motifs (C(OH)–C–C–N with tert-alkyl or cyclic N) is 1. The van der Waals surface area contributed by atoms with Gasteiger partial charge in [0.25, 0.3) is 0 Å². The maximum atomic E-state index is 11.0. The summed E-state index contributed by atoms with van der Waals surface area (Å²) in [5, 5.41) is 19.2. The molecule has 0 bridgehead atoms. The van der Waals surface area contributed by atoms with E-state index in [2.05, 4.69) is 0 Å². The summed E-state index contributed by atoms with van der Waals surface area (Å²) in [6.07, 6.45) is 1.29. The molecule has 0 aliphatic carbocycles. The van der Waals surface area contributed by atoms with Crippen molar-refractivity contribution in [2.75, 3.05) is 20.1 Å². The van der Waals surface area contributed by atoms with Crippen molar-refractivity contribution < 1.29 is 19.8 Å². The predicted octanol–water partition coefficient (Wildman–Crippen LogP) is -0.237. The summed E-state index contributed by atoms with van der Waals surface area (Å²) in [4.78, 5) is 25.3. The second-order valence-electron chi connectivity index (χ2n) is 5.37. The normalized spacial score (nSPS) is 23.3. The van der Waals surface area contributed by atoms with Crippen LogP contribution >= 0.6 is 0 Å². The van der Waals surface area contributed by atoms with Crippen molar-refractivity contribution >= 4 is 12.3 Å². The number of carboxylic acids is 1. The molecule has 0 aromatic heterocycles. The standard InChI is InChI=1S/C12H22N2O4/c1-12(2,8-15)13(3)7-10(16)14-6-4-5-9(14)11(17)18/h8-10,16H,4-7H2,1-3H3,(H,17,18). The first-order valence-corrected chi connectivity index (χ1v) is 6.14. The Balaban J connectivity index is 2.62. The van der Waals surface area contributed by atoms with Gasteiger partial charge in [0.1, 0.15) is 18.6 Å². The molecule has 2 atom stereocenters. The molecule has 0 saturated carbocycles. The minimum atomic E-state index is -0.899. The van der Waals surface area contributed by atoms with Crippen LogP contribution in [0.25, 0.3) is 0 Å². The number of hydrogen-bond acceptors (Lipinski definition) is 5. The molecule has 2 N–H and O–H groups in total. The molecule has 0 aromatic carbocycles. The van der Waals surface area contributed by atoms with Gasteiger partial charge in [-0.05, 0) is 33.7 Å². The smallest absolute Gasteiger partial charge is 0.320 e. The van der Waals surface area contributed by atoms with Crippen molar-refractivity contribution in [1.29, 1.82) is 0 Å². The third-order valence-electron chi connectivity index (χ3n) is 3.67. The quantitative estimate of drug-likeness (QED) is 0.640. The number of carbonyl (C=O) groups excluding carboxylic acids is 1. The fourth-order valence-electron chi connectivity index (χ4n) is 2.09. The van der Waals surface area contributed by atoms with E-state index >= 15 is 0 Å². The summed E-state index contributed by atoms with van der Waals surface area (Å²) in [6, 6.07) is -0.618. The Morgan fingerprint density at radius 1 is 1.61 bits per heavy atom. The van der Waals surface area contributed by atoms with E-state index in [9.17, 15) is 14.7 Å². The molecule has 6 heteroatoms. The number of carboxylic acid groups (broad SMARTS) is 1. The molecule has 6 nitrogen and oxygen atoms in total. The summed E-state index contributed by atoms with van der Waals surface area (Å²) in [7, 11) is 1.74. The van der Waals surface area contributed by atoms with E-state index in [1.807, 2.05) is 0 Å². The molecule has 18 heavy (non-hydrogen) atoms.